The zero-order valence-corrected chi connectivity index (χ0v) is 6.70. The van der Waals surface area contributed by atoms with Gasteiger partial charge in [0.1, 0.15) is 12.0 Å². The molecular formula is C9H7FO3. The summed E-state index contributed by atoms with van der Waals surface area (Å²) in [4.78, 5) is 20.1. The van der Waals surface area contributed by atoms with Crippen molar-refractivity contribution in [3.63, 3.8) is 0 Å². The number of benzene rings is 1. The topological polar surface area (TPSA) is 43.4 Å². The largest absolute Gasteiger partial charge is 0.483 e. The van der Waals surface area contributed by atoms with Crippen LogP contribution in [0.15, 0.2) is 24.3 Å². The summed E-state index contributed by atoms with van der Waals surface area (Å²) in [7, 11) is 0. The predicted molar refractivity (Wildman–Crippen MR) is 43.4 cm³/mol. The van der Waals surface area contributed by atoms with Gasteiger partial charge in [-0.2, -0.15) is 4.39 Å². The van der Waals surface area contributed by atoms with Crippen molar-refractivity contribution >= 4 is 12.3 Å². The van der Waals surface area contributed by atoms with Gasteiger partial charge in [0.25, 0.3) is 0 Å². The number of rotatable bonds is 4. The zero-order chi connectivity index (χ0) is 9.68. The fraction of sp³-hybridized carbons (Fsp3) is 0.111. The summed E-state index contributed by atoms with van der Waals surface area (Å²) in [5.74, 6) is 0.358. The highest BCUT2D eigenvalue weighted by atomic mass is 19.1. The molecule has 0 aromatic heterocycles. The van der Waals surface area contributed by atoms with Gasteiger partial charge in [0.2, 0.25) is 0 Å². The molecule has 0 fully saturated rings. The molecule has 0 aliphatic rings. The van der Waals surface area contributed by atoms with Gasteiger partial charge in [0, 0.05) is 5.56 Å². The van der Waals surface area contributed by atoms with Crippen molar-refractivity contribution in [1.82, 2.24) is 0 Å². The number of hydrogen-bond acceptors (Lipinski definition) is 3. The van der Waals surface area contributed by atoms with Crippen molar-refractivity contribution in [1.29, 1.82) is 0 Å². The van der Waals surface area contributed by atoms with Crippen LogP contribution < -0.4 is 4.74 Å². The van der Waals surface area contributed by atoms with Crippen LogP contribution in [0.5, 0.6) is 5.75 Å². The Kier molecular flexibility index (Phi) is 3.14. The smallest absolute Gasteiger partial charge is 0.338 e. The molecule has 0 saturated carbocycles. The average Bonchev–Trinajstić information content (AvgIpc) is 2.15. The molecule has 3 nitrogen and oxygen atoms in total. The molecule has 0 heterocycles. The van der Waals surface area contributed by atoms with Crippen LogP contribution in [0.25, 0.3) is 0 Å². The third-order valence-electron chi connectivity index (χ3n) is 1.37. The number of ether oxygens (including phenoxy) is 1. The van der Waals surface area contributed by atoms with Crippen molar-refractivity contribution in [2.45, 2.75) is 0 Å². The van der Waals surface area contributed by atoms with Crippen molar-refractivity contribution < 1.29 is 18.7 Å². The zero-order valence-electron chi connectivity index (χ0n) is 6.70. The Hall–Kier alpha value is -1.71. The number of halogens is 1. The van der Waals surface area contributed by atoms with Crippen LogP contribution in [0.2, 0.25) is 0 Å². The van der Waals surface area contributed by atoms with Gasteiger partial charge >= 0.3 is 6.04 Å². The summed E-state index contributed by atoms with van der Waals surface area (Å²) in [6.07, 6.45) is 0.685. The summed E-state index contributed by atoms with van der Waals surface area (Å²) in [5, 5.41) is 0. The molecule has 0 unspecified atom stereocenters. The molecule has 0 saturated heterocycles. The quantitative estimate of drug-likeness (QED) is 0.521. The molecule has 1 aromatic carbocycles. The minimum atomic E-state index is -1.53. The molecule has 68 valence electrons. The lowest BCUT2D eigenvalue weighted by atomic mass is 10.2. The Morgan fingerprint density at radius 1 is 1.38 bits per heavy atom. The maximum absolute atomic E-state index is 11.7. The van der Waals surface area contributed by atoms with Gasteiger partial charge in [-0.3, -0.25) is 9.59 Å². The minimum absolute atomic E-state index is 0.358. The minimum Gasteiger partial charge on any atom is -0.483 e. The van der Waals surface area contributed by atoms with Gasteiger partial charge in [0.05, 0.1) is 0 Å². The summed E-state index contributed by atoms with van der Waals surface area (Å²) in [5.41, 5.74) is 0.499. The first kappa shape index (κ1) is 9.38. The number of aldehydes is 1. The SMILES string of the molecule is O=Cc1ccc(OCC(=O)F)cc1. The molecule has 1 aromatic rings. The van der Waals surface area contributed by atoms with Gasteiger partial charge in [0.15, 0.2) is 6.61 Å². The molecule has 0 N–H and O–H groups in total. The highest BCUT2D eigenvalue weighted by Crippen LogP contribution is 2.10. The lowest BCUT2D eigenvalue weighted by molar-refractivity contribution is -0.131. The highest BCUT2D eigenvalue weighted by Gasteiger charge is 1.99. The van der Waals surface area contributed by atoms with E-state index in [1.165, 1.54) is 24.3 Å². The summed E-state index contributed by atoms with van der Waals surface area (Å²) in [6, 6.07) is 4.49. The van der Waals surface area contributed by atoms with Gasteiger partial charge in [-0.1, -0.05) is 0 Å². The monoisotopic (exact) mass is 182 g/mol. The number of hydrogen-bond donors (Lipinski definition) is 0. The second-order valence-corrected chi connectivity index (χ2v) is 2.33. The first-order valence-electron chi connectivity index (χ1n) is 3.59. The first-order chi connectivity index (χ1) is 6.22. The van der Waals surface area contributed by atoms with E-state index in [1.807, 2.05) is 0 Å². The lowest BCUT2D eigenvalue weighted by Gasteiger charge is -2.01. The van der Waals surface area contributed by atoms with E-state index in [4.69, 9.17) is 4.74 Å². The van der Waals surface area contributed by atoms with E-state index < -0.39 is 12.6 Å². The molecule has 0 bridgehead atoms. The van der Waals surface area contributed by atoms with Crippen LogP contribution >= 0.6 is 0 Å². The van der Waals surface area contributed by atoms with E-state index >= 15 is 0 Å². The van der Waals surface area contributed by atoms with E-state index in [9.17, 15) is 14.0 Å². The van der Waals surface area contributed by atoms with Crippen molar-refractivity contribution in [2.75, 3.05) is 6.61 Å². The van der Waals surface area contributed by atoms with E-state index in [-0.39, 0.29) is 0 Å². The van der Waals surface area contributed by atoms with Gasteiger partial charge in [-0.25, -0.2) is 0 Å². The average molecular weight is 182 g/mol. The van der Waals surface area contributed by atoms with Gasteiger partial charge in [-0.05, 0) is 24.3 Å². The van der Waals surface area contributed by atoms with Crippen molar-refractivity contribution in [2.24, 2.45) is 0 Å². The first-order valence-corrected chi connectivity index (χ1v) is 3.59. The third kappa shape index (κ3) is 3.02. The fourth-order valence-electron chi connectivity index (χ4n) is 0.783. The fourth-order valence-corrected chi connectivity index (χ4v) is 0.783. The molecule has 0 amide bonds. The van der Waals surface area contributed by atoms with Gasteiger partial charge < -0.3 is 4.74 Å². The van der Waals surface area contributed by atoms with E-state index in [2.05, 4.69) is 0 Å². The van der Waals surface area contributed by atoms with Crippen molar-refractivity contribution in [3.05, 3.63) is 29.8 Å². The van der Waals surface area contributed by atoms with Crippen LogP contribution in [-0.4, -0.2) is 18.9 Å². The Morgan fingerprint density at radius 2 is 2.00 bits per heavy atom. The molecule has 0 spiro atoms. The number of carbonyl (C=O) groups excluding carboxylic acids is 2. The Balaban J connectivity index is 2.59. The van der Waals surface area contributed by atoms with Crippen LogP contribution in [0.3, 0.4) is 0 Å². The molecule has 0 atom stereocenters. The Morgan fingerprint density at radius 3 is 2.46 bits per heavy atom. The molecule has 0 aliphatic heterocycles. The standard InChI is InChI=1S/C9H7FO3/c10-9(12)6-13-8-3-1-7(5-11)2-4-8/h1-5H,6H2. The molecule has 1 rings (SSSR count). The Labute approximate surface area is 74.1 Å². The van der Waals surface area contributed by atoms with E-state index in [0.717, 1.165) is 0 Å². The predicted octanol–water partition coefficient (Wildman–Crippen LogP) is 1.37. The lowest BCUT2D eigenvalue weighted by Crippen LogP contribution is -2.05. The molecule has 0 aliphatic carbocycles. The van der Waals surface area contributed by atoms with Crippen LogP contribution in [0.1, 0.15) is 10.4 Å². The van der Waals surface area contributed by atoms with E-state index in [0.29, 0.717) is 17.6 Å². The normalized spacial score (nSPS) is 9.31. The van der Waals surface area contributed by atoms with Gasteiger partial charge in [-0.15, -0.1) is 0 Å². The second-order valence-electron chi connectivity index (χ2n) is 2.33. The van der Waals surface area contributed by atoms with E-state index in [1.54, 1.807) is 0 Å². The van der Waals surface area contributed by atoms with Crippen LogP contribution in [0, 0.1) is 0 Å². The third-order valence-corrected chi connectivity index (χ3v) is 1.37. The van der Waals surface area contributed by atoms with Crippen LogP contribution in [0.4, 0.5) is 4.39 Å². The summed E-state index contributed by atoms with van der Waals surface area (Å²) < 4.78 is 16.4. The van der Waals surface area contributed by atoms with Crippen molar-refractivity contribution in [3.8, 4) is 5.75 Å². The molecule has 13 heavy (non-hydrogen) atoms. The molecular weight excluding hydrogens is 175 g/mol. The number of carbonyl (C=O) groups is 2. The Bertz CT molecular complexity index is 305. The van der Waals surface area contributed by atoms with Crippen LogP contribution in [-0.2, 0) is 4.79 Å². The highest BCUT2D eigenvalue weighted by molar-refractivity contribution is 5.75. The summed E-state index contributed by atoms with van der Waals surface area (Å²) >= 11 is 0. The summed E-state index contributed by atoms with van der Waals surface area (Å²) in [6.45, 7) is -0.597. The second kappa shape index (κ2) is 4.35. The maximum atomic E-state index is 11.7. The maximum Gasteiger partial charge on any atom is 0.338 e. The molecule has 0 radical (unpaired) electrons. The molecule has 4 heteroatoms.